The highest BCUT2D eigenvalue weighted by Crippen LogP contribution is 2.20. The van der Waals surface area contributed by atoms with Crippen LogP contribution >= 0.6 is 24.0 Å². The van der Waals surface area contributed by atoms with Crippen molar-refractivity contribution in [2.45, 2.75) is 25.3 Å². The van der Waals surface area contributed by atoms with Gasteiger partial charge in [-0.05, 0) is 24.8 Å². The Morgan fingerprint density at radius 2 is 2.36 bits per heavy atom. The van der Waals surface area contributed by atoms with Gasteiger partial charge in [0.05, 0.1) is 11.4 Å². The third-order valence-electron chi connectivity index (χ3n) is 3.68. The predicted octanol–water partition coefficient (Wildman–Crippen LogP) is -0.396. The summed E-state index contributed by atoms with van der Waals surface area (Å²) in [5, 5.41) is 9.34. The number of thioether (sulfide) groups is 1. The lowest BCUT2D eigenvalue weighted by molar-refractivity contribution is -0.130. The average Bonchev–Trinajstić information content (AvgIpc) is 2.78. The van der Waals surface area contributed by atoms with E-state index in [2.05, 4.69) is 15.5 Å². The Labute approximate surface area is 135 Å². The smallest absolute Gasteiger partial charge is 0.264 e. The first-order valence-electron chi connectivity index (χ1n) is 6.87. The van der Waals surface area contributed by atoms with Gasteiger partial charge >= 0.3 is 0 Å². The molecule has 0 saturated carbocycles. The molecule has 2 amide bonds. The zero-order valence-electron chi connectivity index (χ0n) is 11.6. The Balaban J connectivity index is 1.60. The number of fused-ring (bicyclic) bond motifs is 1. The Morgan fingerprint density at radius 1 is 1.55 bits per heavy atom. The summed E-state index contributed by atoms with van der Waals surface area (Å²) in [5.74, 6) is -0.0588. The standard InChI is InChI=1S/C13H14N4O3S2/c18-10-4-7-3-8(1-2-9(7)15-16-10)14-11(19)5-17-12(20)6-22-13(17)21/h4,8H,1-3,5-6H2,(H,14,19)(H,16,18). The van der Waals surface area contributed by atoms with Gasteiger partial charge in [0, 0.05) is 12.1 Å². The zero-order chi connectivity index (χ0) is 15.7. The van der Waals surface area contributed by atoms with E-state index in [0.717, 1.165) is 17.7 Å². The lowest BCUT2D eigenvalue weighted by atomic mass is 9.92. The second-order valence-electron chi connectivity index (χ2n) is 5.25. The van der Waals surface area contributed by atoms with E-state index >= 15 is 0 Å². The van der Waals surface area contributed by atoms with Crippen molar-refractivity contribution >= 4 is 40.1 Å². The molecule has 3 rings (SSSR count). The van der Waals surface area contributed by atoms with Crippen LogP contribution in [-0.4, -0.2) is 49.6 Å². The van der Waals surface area contributed by atoms with Crippen LogP contribution in [0.25, 0.3) is 0 Å². The number of nitrogens with zero attached hydrogens (tertiary/aromatic N) is 2. The van der Waals surface area contributed by atoms with E-state index in [1.165, 1.54) is 22.7 Å². The second kappa shape index (κ2) is 6.17. The molecular formula is C13H14N4O3S2. The van der Waals surface area contributed by atoms with Gasteiger partial charge in [-0.1, -0.05) is 24.0 Å². The Morgan fingerprint density at radius 3 is 3.09 bits per heavy atom. The zero-order valence-corrected chi connectivity index (χ0v) is 13.3. The highest BCUT2D eigenvalue weighted by Gasteiger charge is 2.29. The van der Waals surface area contributed by atoms with Crippen LogP contribution in [0.5, 0.6) is 0 Å². The van der Waals surface area contributed by atoms with Gasteiger partial charge in [-0.25, -0.2) is 5.10 Å². The molecule has 1 aliphatic carbocycles. The summed E-state index contributed by atoms with van der Waals surface area (Å²) in [6, 6.07) is 1.47. The first-order chi connectivity index (χ1) is 10.5. The molecule has 0 spiro atoms. The van der Waals surface area contributed by atoms with Gasteiger partial charge in [-0.2, -0.15) is 5.10 Å². The minimum absolute atomic E-state index is 0.0400. The maximum Gasteiger partial charge on any atom is 0.264 e. The molecule has 1 saturated heterocycles. The van der Waals surface area contributed by atoms with E-state index in [4.69, 9.17) is 12.2 Å². The van der Waals surface area contributed by atoms with E-state index in [1.807, 2.05) is 0 Å². The van der Waals surface area contributed by atoms with E-state index < -0.39 is 0 Å². The molecule has 1 aromatic rings. The number of carbonyl (C=O) groups is 2. The van der Waals surface area contributed by atoms with Crippen LogP contribution in [0.3, 0.4) is 0 Å². The van der Waals surface area contributed by atoms with Crippen LogP contribution in [0.2, 0.25) is 0 Å². The third-order valence-corrected chi connectivity index (χ3v) is 5.11. The summed E-state index contributed by atoms with van der Waals surface area (Å²) >= 11 is 6.32. The van der Waals surface area contributed by atoms with Crippen LogP contribution in [0.4, 0.5) is 0 Å². The summed E-state index contributed by atoms with van der Waals surface area (Å²) in [4.78, 5) is 36.3. The van der Waals surface area contributed by atoms with Gasteiger partial charge in [-0.15, -0.1) is 0 Å². The maximum absolute atomic E-state index is 12.1. The van der Waals surface area contributed by atoms with Crippen molar-refractivity contribution in [3.05, 3.63) is 27.7 Å². The van der Waals surface area contributed by atoms with E-state index in [0.29, 0.717) is 22.9 Å². The van der Waals surface area contributed by atoms with Gasteiger partial charge in [0.1, 0.15) is 10.9 Å². The number of aromatic nitrogens is 2. The van der Waals surface area contributed by atoms with Crippen molar-refractivity contribution in [3.8, 4) is 0 Å². The Hall–Kier alpha value is -1.74. The fourth-order valence-corrected chi connectivity index (χ4v) is 3.68. The third kappa shape index (κ3) is 3.20. The summed E-state index contributed by atoms with van der Waals surface area (Å²) in [7, 11) is 0. The largest absolute Gasteiger partial charge is 0.351 e. The van der Waals surface area contributed by atoms with Gasteiger partial charge in [0.15, 0.2) is 0 Å². The highest BCUT2D eigenvalue weighted by atomic mass is 32.2. The molecule has 1 atom stereocenters. The number of H-pyrrole nitrogens is 1. The van der Waals surface area contributed by atoms with Gasteiger partial charge in [0.2, 0.25) is 11.8 Å². The predicted molar refractivity (Wildman–Crippen MR) is 85.6 cm³/mol. The molecule has 0 aromatic carbocycles. The quantitative estimate of drug-likeness (QED) is 0.729. The molecule has 2 heterocycles. The summed E-state index contributed by atoms with van der Waals surface area (Å²) in [6.45, 7) is -0.0400. The van der Waals surface area contributed by atoms with E-state index in [1.54, 1.807) is 0 Å². The van der Waals surface area contributed by atoms with Crippen molar-refractivity contribution in [3.63, 3.8) is 0 Å². The molecule has 1 aromatic heterocycles. The highest BCUT2D eigenvalue weighted by molar-refractivity contribution is 8.23. The molecule has 0 radical (unpaired) electrons. The molecule has 0 bridgehead atoms. The number of aryl methyl sites for hydroxylation is 1. The number of amides is 2. The molecule has 1 fully saturated rings. The van der Waals surface area contributed by atoms with E-state index in [9.17, 15) is 14.4 Å². The van der Waals surface area contributed by atoms with Crippen molar-refractivity contribution in [2.24, 2.45) is 0 Å². The summed E-state index contributed by atoms with van der Waals surface area (Å²) in [6.07, 6.45) is 2.03. The molecule has 9 heteroatoms. The van der Waals surface area contributed by atoms with Crippen LogP contribution in [0.1, 0.15) is 17.7 Å². The van der Waals surface area contributed by atoms with Crippen LogP contribution in [-0.2, 0) is 22.4 Å². The number of nitrogens with one attached hydrogen (secondary N) is 2. The van der Waals surface area contributed by atoms with Crippen LogP contribution in [0.15, 0.2) is 10.9 Å². The van der Waals surface area contributed by atoms with Crippen molar-refractivity contribution in [2.75, 3.05) is 12.3 Å². The SMILES string of the molecule is O=C(CN1C(=O)CSC1=S)NC1CCc2n[nH]c(=O)cc2C1. The lowest BCUT2D eigenvalue weighted by Crippen LogP contribution is -2.45. The fourth-order valence-electron chi connectivity index (χ4n) is 2.61. The van der Waals surface area contributed by atoms with Gasteiger partial charge in [0.25, 0.3) is 5.56 Å². The minimum atomic E-state index is -0.240. The first kappa shape index (κ1) is 15.2. The van der Waals surface area contributed by atoms with Gasteiger partial charge < -0.3 is 5.32 Å². The van der Waals surface area contributed by atoms with Crippen LogP contribution in [0, 0.1) is 0 Å². The summed E-state index contributed by atoms with van der Waals surface area (Å²) in [5.41, 5.74) is 1.50. The van der Waals surface area contributed by atoms with Crippen molar-refractivity contribution < 1.29 is 9.59 Å². The molecule has 1 aliphatic heterocycles. The van der Waals surface area contributed by atoms with Crippen LogP contribution < -0.4 is 10.9 Å². The number of thiocarbonyl (C=S) groups is 1. The molecule has 2 aliphatic rings. The number of carbonyl (C=O) groups excluding carboxylic acids is 2. The number of aromatic amines is 1. The number of rotatable bonds is 3. The molecule has 22 heavy (non-hydrogen) atoms. The normalized spacial score (nSPS) is 20.9. The second-order valence-corrected chi connectivity index (χ2v) is 6.85. The lowest BCUT2D eigenvalue weighted by Gasteiger charge is -2.25. The molecule has 7 nitrogen and oxygen atoms in total. The Kier molecular flexibility index (Phi) is 4.25. The fraction of sp³-hybridized carbons (Fsp3) is 0.462. The topological polar surface area (TPSA) is 95.2 Å². The monoisotopic (exact) mass is 338 g/mol. The Bertz CT molecular complexity index is 687. The number of hydrogen-bond acceptors (Lipinski definition) is 6. The number of hydrogen-bond donors (Lipinski definition) is 2. The first-order valence-corrected chi connectivity index (χ1v) is 8.26. The molecule has 116 valence electrons. The molecule has 2 N–H and O–H groups in total. The van der Waals surface area contributed by atoms with Crippen molar-refractivity contribution in [1.82, 2.24) is 20.4 Å². The molecule has 1 unspecified atom stereocenters. The maximum atomic E-state index is 12.1. The average molecular weight is 338 g/mol. The van der Waals surface area contributed by atoms with E-state index in [-0.39, 0.29) is 30.0 Å². The molecular weight excluding hydrogens is 324 g/mol. The van der Waals surface area contributed by atoms with Gasteiger partial charge in [-0.3, -0.25) is 19.3 Å². The van der Waals surface area contributed by atoms with Crippen molar-refractivity contribution in [1.29, 1.82) is 0 Å². The minimum Gasteiger partial charge on any atom is -0.351 e. The summed E-state index contributed by atoms with van der Waals surface area (Å²) < 4.78 is 0.449.